The lowest BCUT2D eigenvalue weighted by Gasteiger charge is -2.32. The summed E-state index contributed by atoms with van der Waals surface area (Å²) in [6, 6.07) is 51.4. The fourth-order valence-electron chi connectivity index (χ4n) is 10.3. The predicted molar refractivity (Wildman–Crippen MR) is 339 cm³/mol. The Hall–Kier alpha value is -8.19. The van der Waals surface area contributed by atoms with Gasteiger partial charge in [0.25, 0.3) is 0 Å². The Bertz CT molecular complexity index is 3760. The van der Waals surface area contributed by atoms with Gasteiger partial charge in [0.15, 0.2) is 0 Å². The van der Waals surface area contributed by atoms with Crippen LogP contribution in [0.5, 0.6) is 11.5 Å². The molecule has 0 unspecified atom stereocenters. The van der Waals surface area contributed by atoms with Gasteiger partial charge in [-0.1, -0.05) is 133 Å². The molecule has 1 aliphatic rings. The Morgan fingerprint density at radius 2 is 0.928 bits per heavy atom. The first-order valence-electron chi connectivity index (χ1n) is 28.5. The number of methoxy groups -OCH3 is 2. The monoisotopic (exact) mass is 1110 g/mol. The fraction of sp³-hybridized carbons (Fsp3) is 0.310. The average molecular weight is 1110 g/mol. The standard InChI is InChI=1S/C36H43BN2O4.C35H35N3O2/c1-24-20-27(14-17-31(24)41-9)26-12-10-25(11-13-26)23-39(32(40)22-34(2,3)4)33-30-16-15-29(21-28(30)18-19-38-33)37-42-35(5,6)36(7,8)43-37;1-24-20-27(14-16-32(24)40-5)26-11-9-25(10-12-26)23-38(33(39)22-35(2,3)4)34-30-15-13-29(21-28(30)17-19-37-34)31-8-6-7-18-36-31/h10-21H,22-23H2,1-9H3;6-21H,22-23H2,1-5H3. The molecule has 83 heavy (non-hydrogen) atoms. The van der Waals surface area contributed by atoms with Gasteiger partial charge in [0.2, 0.25) is 11.8 Å². The Morgan fingerprint density at radius 3 is 1.35 bits per heavy atom. The molecule has 12 heteroatoms. The average Bonchev–Trinajstić information content (AvgIpc) is 3.68. The molecule has 0 bridgehead atoms. The fourth-order valence-corrected chi connectivity index (χ4v) is 10.3. The maximum atomic E-state index is 13.8. The smallest absolute Gasteiger partial charge is 0.494 e. The van der Waals surface area contributed by atoms with Gasteiger partial charge in [0.1, 0.15) is 23.1 Å². The molecule has 3 aromatic heterocycles. The van der Waals surface area contributed by atoms with Crippen molar-refractivity contribution in [1.82, 2.24) is 15.0 Å². The van der Waals surface area contributed by atoms with Gasteiger partial charge in [-0.15, -0.1) is 0 Å². The van der Waals surface area contributed by atoms with Gasteiger partial charge in [-0.3, -0.25) is 24.4 Å². The number of aryl methyl sites for hydroxylation is 2. The van der Waals surface area contributed by atoms with E-state index in [1.807, 2.05) is 90.4 Å². The van der Waals surface area contributed by atoms with Crippen LogP contribution in [0.25, 0.3) is 55.1 Å². The molecule has 0 aliphatic carbocycles. The summed E-state index contributed by atoms with van der Waals surface area (Å²) in [4.78, 5) is 45.2. The SMILES string of the molecule is COc1ccc(-c2ccc(CN(C(=O)CC(C)(C)C)c3nccc4cc(-c5ccccn5)ccc34)cc2)cc1C.COc1ccc(-c2ccc(CN(C(=O)CC(C)(C)C)c3nccc4cc(B5OC(C)(C)C(C)(C)O5)ccc34)cc2)cc1C. The molecule has 1 fully saturated rings. The van der Waals surface area contributed by atoms with Crippen molar-refractivity contribution < 1.29 is 28.4 Å². The van der Waals surface area contributed by atoms with E-state index in [0.29, 0.717) is 37.6 Å². The molecule has 0 atom stereocenters. The van der Waals surface area contributed by atoms with E-state index in [0.717, 1.165) is 94.3 Å². The highest BCUT2D eigenvalue weighted by Crippen LogP contribution is 2.38. The molecule has 0 N–H and O–H groups in total. The second kappa shape index (κ2) is 24.3. The number of benzene rings is 6. The number of amides is 2. The third kappa shape index (κ3) is 14.0. The third-order valence-electron chi connectivity index (χ3n) is 15.5. The second-order valence-corrected chi connectivity index (χ2v) is 25.2. The van der Waals surface area contributed by atoms with Crippen LogP contribution in [0.3, 0.4) is 0 Å². The minimum Gasteiger partial charge on any atom is -0.496 e. The number of pyridine rings is 3. The number of hydrogen-bond acceptors (Lipinski definition) is 9. The summed E-state index contributed by atoms with van der Waals surface area (Å²) in [6.45, 7) is 25.7. The van der Waals surface area contributed by atoms with Gasteiger partial charge in [0.05, 0.1) is 44.2 Å². The first kappa shape index (κ1) is 59.4. The Balaban J connectivity index is 0.000000200. The van der Waals surface area contributed by atoms with Crippen LogP contribution in [0, 0.1) is 24.7 Å². The number of ether oxygens (including phenoxy) is 2. The zero-order valence-corrected chi connectivity index (χ0v) is 50.8. The normalized spacial score (nSPS) is 13.8. The first-order chi connectivity index (χ1) is 39.4. The number of aromatic nitrogens is 3. The number of carbonyl (C=O) groups excluding carboxylic acids is 2. The summed E-state index contributed by atoms with van der Waals surface area (Å²) >= 11 is 0. The molecule has 0 saturated carbocycles. The third-order valence-corrected chi connectivity index (χ3v) is 15.5. The summed E-state index contributed by atoms with van der Waals surface area (Å²) < 4.78 is 23.4. The molecule has 1 aliphatic heterocycles. The number of nitrogens with zero attached hydrogens (tertiary/aromatic N) is 5. The maximum Gasteiger partial charge on any atom is 0.494 e. The van der Waals surface area contributed by atoms with Crippen molar-refractivity contribution in [1.29, 1.82) is 0 Å². The van der Waals surface area contributed by atoms with Crippen LogP contribution in [-0.2, 0) is 32.0 Å². The van der Waals surface area contributed by atoms with E-state index < -0.39 is 18.3 Å². The van der Waals surface area contributed by atoms with Crippen LogP contribution in [0.2, 0.25) is 0 Å². The van der Waals surface area contributed by atoms with Gasteiger partial charge in [-0.2, -0.15) is 0 Å². The summed E-state index contributed by atoms with van der Waals surface area (Å²) in [5, 5.41) is 3.85. The topological polar surface area (TPSA) is 116 Å². The molecule has 426 valence electrons. The second-order valence-electron chi connectivity index (χ2n) is 25.2. The quantitative estimate of drug-likeness (QED) is 0.0981. The van der Waals surface area contributed by atoms with Crippen LogP contribution in [0.15, 0.2) is 170 Å². The van der Waals surface area contributed by atoms with Crippen molar-refractivity contribution in [2.75, 3.05) is 24.0 Å². The summed E-state index contributed by atoms with van der Waals surface area (Å²) in [5.41, 5.74) is 10.5. The van der Waals surface area contributed by atoms with Crippen molar-refractivity contribution in [3.63, 3.8) is 0 Å². The molecular weight excluding hydrogens is 1030 g/mol. The van der Waals surface area contributed by atoms with E-state index in [4.69, 9.17) is 28.8 Å². The highest BCUT2D eigenvalue weighted by Gasteiger charge is 2.51. The number of carbonyl (C=O) groups is 2. The molecular formula is C71H78BN5O6. The lowest BCUT2D eigenvalue weighted by molar-refractivity contribution is -0.121. The highest BCUT2D eigenvalue weighted by molar-refractivity contribution is 6.62. The van der Waals surface area contributed by atoms with Crippen molar-refractivity contribution in [3.8, 4) is 45.0 Å². The first-order valence-corrected chi connectivity index (χ1v) is 28.5. The molecule has 2 amide bonds. The van der Waals surface area contributed by atoms with Gasteiger partial charge >= 0.3 is 7.12 Å². The molecule has 4 heterocycles. The van der Waals surface area contributed by atoms with Crippen molar-refractivity contribution in [2.45, 2.75) is 120 Å². The Morgan fingerprint density at radius 1 is 0.494 bits per heavy atom. The van der Waals surface area contributed by atoms with Crippen LogP contribution in [0.4, 0.5) is 11.6 Å². The minimum atomic E-state index is -0.461. The zero-order valence-electron chi connectivity index (χ0n) is 50.8. The Labute approximate surface area is 491 Å². The van der Waals surface area contributed by atoms with E-state index >= 15 is 0 Å². The number of rotatable bonds is 14. The Kier molecular flexibility index (Phi) is 17.4. The van der Waals surface area contributed by atoms with Gasteiger partial charge in [-0.25, -0.2) is 9.97 Å². The number of fused-ring (bicyclic) bond motifs is 2. The summed E-state index contributed by atoms with van der Waals surface area (Å²) in [5.74, 6) is 3.17. The molecule has 0 spiro atoms. The minimum absolute atomic E-state index is 0.0393. The van der Waals surface area contributed by atoms with Crippen LogP contribution in [-0.4, -0.2) is 59.3 Å². The maximum absolute atomic E-state index is 13.8. The van der Waals surface area contributed by atoms with E-state index in [1.54, 1.807) is 32.8 Å². The van der Waals surface area contributed by atoms with Gasteiger partial charge in [0, 0.05) is 47.8 Å². The van der Waals surface area contributed by atoms with E-state index in [-0.39, 0.29) is 22.6 Å². The molecule has 1 saturated heterocycles. The van der Waals surface area contributed by atoms with E-state index in [2.05, 4.69) is 159 Å². The predicted octanol–water partition coefficient (Wildman–Crippen LogP) is 15.7. The number of anilines is 2. The van der Waals surface area contributed by atoms with E-state index in [1.165, 1.54) is 0 Å². The van der Waals surface area contributed by atoms with Crippen LogP contribution >= 0.6 is 0 Å². The van der Waals surface area contributed by atoms with Gasteiger partial charge < -0.3 is 18.8 Å². The molecule has 11 nitrogen and oxygen atoms in total. The summed E-state index contributed by atoms with van der Waals surface area (Å²) in [7, 11) is 2.92. The van der Waals surface area contributed by atoms with Gasteiger partial charge in [-0.05, 0) is 174 Å². The number of hydrogen-bond donors (Lipinski definition) is 0. The lowest BCUT2D eigenvalue weighted by atomic mass is 9.78. The zero-order chi connectivity index (χ0) is 59.4. The molecule has 6 aromatic carbocycles. The largest absolute Gasteiger partial charge is 0.496 e. The van der Waals surface area contributed by atoms with Crippen LogP contribution < -0.4 is 24.7 Å². The highest BCUT2D eigenvalue weighted by atomic mass is 16.7. The van der Waals surface area contributed by atoms with Crippen molar-refractivity contribution in [2.24, 2.45) is 10.8 Å². The van der Waals surface area contributed by atoms with Crippen LogP contribution in [0.1, 0.15) is 104 Å². The lowest BCUT2D eigenvalue weighted by Crippen LogP contribution is -2.41. The molecule has 10 rings (SSSR count). The molecule has 9 aromatic rings. The summed E-state index contributed by atoms with van der Waals surface area (Å²) in [6.07, 6.45) is 6.18. The van der Waals surface area contributed by atoms with Crippen molar-refractivity contribution in [3.05, 3.63) is 193 Å². The van der Waals surface area contributed by atoms with Crippen molar-refractivity contribution >= 4 is 57.6 Å². The van der Waals surface area contributed by atoms with E-state index in [9.17, 15) is 9.59 Å². The molecule has 0 radical (unpaired) electrons.